The van der Waals surface area contributed by atoms with E-state index >= 15 is 0 Å². The highest BCUT2D eigenvalue weighted by Gasteiger charge is 2.50. The molecule has 0 bridgehead atoms. The number of rotatable bonds is 22. The first kappa shape index (κ1) is 42.7. The van der Waals surface area contributed by atoms with Crippen LogP contribution in [-0.4, -0.2) is 94.2 Å². The number of likely N-dealkylation sites (tertiary alicyclic amines) is 1. The van der Waals surface area contributed by atoms with Crippen LogP contribution in [0.5, 0.6) is 0 Å². The van der Waals surface area contributed by atoms with Crippen LogP contribution in [0.1, 0.15) is 130 Å². The molecule has 8 nitrogen and oxygen atoms in total. The number of aliphatic hydroxyl groups excluding tert-OH is 2. The topological polar surface area (TPSA) is 108 Å². The highest BCUT2D eigenvalue weighted by atomic mass is 35.5. The van der Waals surface area contributed by atoms with Crippen LogP contribution in [0.2, 0.25) is 0 Å². The molecular formula is C34H64Cl2N2O6S. The summed E-state index contributed by atoms with van der Waals surface area (Å²) in [5.41, 5.74) is -0.702. The van der Waals surface area contributed by atoms with Crippen molar-refractivity contribution in [3.05, 3.63) is 0 Å². The molecule has 0 radical (unpaired) electrons. The highest BCUT2D eigenvalue weighted by molar-refractivity contribution is 7.99. The van der Waals surface area contributed by atoms with Gasteiger partial charge in [0.25, 0.3) is 0 Å². The Hall–Kier alpha value is -0.290. The molecule has 11 heteroatoms. The first-order chi connectivity index (χ1) is 21.1. The predicted molar refractivity (Wildman–Crippen MR) is 188 cm³/mol. The molecule has 0 aliphatic carbocycles. The fourth-order valence-corrected chi connectivity index (χ4v) is 7.65. The monoisotopic (exact) mass is 698 g/mol. The molecule has 2 fully saturated rings. The lowest BCUT2D eigenvalue weighted by atomic mass is 9.92. The van der Waals surface area contributed by atoms with Crippen LogP contribution in [0.25, 0.3) is 0 Å². The summed E-state index contributed by atoms with van der Waals surface area (Å²) in [7, 11) is 1.95. The lowest BCUT2D eigenvalue weighted by Crippen LogP contribution is -2.65. The smallest absolute Gasteiger partial charge is 0.306 e. The average molecular weight is 700 g/mol. The van der Waals surface area contributed by atoms with Gasteiger partial charge in [0.05, 0.1) is 17.5 Å². The summed E-state index contributed by atoms with van der Waals surface area (Å²) in [6.45, 7) is 7.01. The number of alkyl halides is 1. The lowest BCUT2D eigenvalue weighted by molar-refractivity contribution is -0.218. The quantitative estimate of drug-likeness (QED) is 0.0641. The first-order valence-electron chi connectivity index (χ1n) is 17.5. The Morgan fingerprint density at radius 2 is 1.51 bits per heavy atom. The van der Waals surface area contributed by atoms with E-state index in [4.69, 9.17) is 21.1 Å². The van der Waals surface area contributed by atoms with Gasteiger partial charge in [-0.3, -0.25) is 14.5 Å². The number of amides is 1. The van der Waals surface area contributed by atoms with E-state index in [1.165, 1.54) is 76.0 Å². The zero-order valence-corrected chi connectivity index (χ0v) is 31.0. The van der Waals surface area contributed by atoms with Crippen molar-refractivity contribution in [3.63, 3.8) is 0 Å². The Labute approximate surface area is 289 Å². The number of thioether (sulfide) groups is 1. The standard InChI is InChI=1S/C34H63ClN2O6S.ClH/c1-6-8-9-10-11-12-13-14-15-16-17-18-19-21-27(38)42-32-30(40)29(39)31(43-34(32)44-5)28(24(3)35)36-33(41)26-22-25(20-7-2)23-37(26)4;/h24-26,28-32,34,39-40H,6-23H2,1-5H3,(H,36,41);1H/t24?,25?,26-,28?,29+,30-,31?,32+,34+;/m0./s1. The van der Waals surface area contributed by atoms with E-state index in [9.17, 15) is 19.8 Å². The van der Waals surface area contributed by atoms with Gasteiger partial charge in [-0.15, -0.1) is 35.8 Å². The molecule has 266 valence electrons. The summed E-state index contributed by atoms with van der Waals surface area (Å²) in [5, 5.41) is 24.6. The lowest BCUT2D eigenvalue weighted by Gasteiger charge is -2.45. The molecule has 2 saturated heterocycles. The van der Waals surface area contributed by atoms with Gasteiger partial charge < -0.3 is 25.0 Å². The van der Waals surface area contributed by atoms with Crippen molar-refractivity contribution in [2.24, 2.45) is 5.92 Å². The Balaban J connectivity index is 0.0000101. The number of likely N-dealkylation sites (N-methyl/N-ethyl adjacent to an activating group) is 1. The second-order valence-corrected chi connectivity index (χ2v) is 14.8. The Bertz CT molecular complexity index is 811. The molecule has 0 aromatic heterocycles. The number of carbonyl (C=O) groups is 2. The molecule has 3 N–H and O–H groups in total. The van der Waals surface area contributed by atoms with Crippen LogP contribution in [0.15, 0.2) is 0 Å². The SMILES string of the molecule is CCCCCCCCCCCCCCCC(=O)O[C@@H]1[C@@H](O)[C@@H](O)C(C(NC(=O)[C@@H]2CC(CCC)CN2C)C(C)Cl)O[C@@H]1SC.Cl. The number of carbonyl (C=O) groups excluding carboxylic acids is 2. The number of esters is 1. The number of aliphatic hydroxyl groups is 2. The van der Waals surface area contributed by atoms with Crippen LogP contribution in [0.4, 0.5) is 0 Å². The molecule has 2 aliphatic heterocycles. The average Bonchev–Trinajstić information content (AvgIpc) is 3.36. The van der Waals surface area contributed by atoms with E-state index in [1.807, 2.05) is 7.05 Å². The summed E-state index contributed by atoms with van der Waals surface area (Å²) in [6.07, 6.45) is 16.3. The number of hydrogen-bond acceptors (Lipinski definition) is 8. The van der Waals surface area contributed by atoms with E-state index in [1.54, 1.807) is 13.2 Å². The molecule has 0 spiro atoms. The number of halogens is 2. The maximum absolute atomic E-state index is 13.3. The minimum atomic E-state index is -1.38. The molecule has 9 atom stereocenters. The Kier molecular flexibility index (Phi) is 22.7. The van der Waals surface area contributed by atoms with Crippen molar-refractivity contribution in [2.45, 2.75) is 177 Å². The van der Waals surface area contributed by atoms with E-state index in [2.05, 4.69) is 24.1 Å². The number of nitrogens with one attached hydrogen (secondary N) is 1. The number of unbranched alkanes of at least 4 members (excludes halogenated alkanes) is 12. The van der Waals surface area contributed by atoms with Gasteiger partial charge in [0.2, 0.25) is 5.91 Å². The van der Waals surface area contributed by atoms with Crippen LogP contribution in [0, 0.1) is 5.92 Å². The molecular weight excluding hydrogens is 635 g/mol. The van der Waals surface area contributed by atoms with E-state index in [0.29, 0.717) is 5.92 Å². The Morgan fingerprint density at radius 3 is 2.02 bits per heavy atom. The minimum Gasteiger partial charge on any atom is -0.456 e. The molecule has 0 aromatic rings. The van der Waals surface area contributed by atoms with Crippen LogP contribution < -0.4 is 5.32 Å². The van der Waals surface area contributed by atoms with Crippen molar-refractivity contribution < 1.29 is 29.3 Å². The summed E-state index contributed by atoms with van der Waals surface area (Å²) in [6, 6.07) is -1.00. The zero-order chi connectivity index (χ0) is 32.5. The van der Waals surface area contributed by atoms with Crippen molar-refractivity contribution in [1.29, 1.82) is 0 Å². The summed E-state index contributed by atoms with van der Waals surface area (Å²) < 4.78 is 11.9. The molecule has 4 unspecified atom stereocenters. The first-order valence-corrected chi connectivity index (χ1v) is 19.2. The second kappa shape index (κ2) is 23.9. The van der Waals surface area contributed by atoms with Gasteiger partial charge in [0.15, 0.2) is 6.10 Å². The number of hydrogen-bond donors (Lipinski definition) is 3. The molecule has 45 heavy (non-hydrogen) atoms. The van der Waals surface area contributed by atoms with Crippen molar-refractivity contribution in [2.75, 3.05) is 19.8 Å². The molecule has 1 amide bonds. The maximum Gasteiger partial charge on any atom is 0.306 e. The Morgan fingerprint density at radius 1 is 0.956 bits per heavy atom. The van der Waals surface area contributed by atoms with Gasteiger partial charge in [-0.2, -0.15) is 0 Å². The second-order valence-electron chi connectivity index (χ2n) is 13.2. The normalized spacial score (nSPS) is 28.3. The highest BCUT2D eigenvalue weighted by Crippen LogP contribution is 2.33. The molecule has 2 rings (SSSR count). The predicted octanol–water partition coefficient (Wildman–Crippen LogP) is 6.84. The summed E-state index contributed by atoms with van der Waals surface area (Å²) in [4.78, 5) is 28.0. The van der Waals surface area contributed by atoms with Crippen LogP contribution >= 0.6 is 35.8 Å². The molecule has 2 aliphatic rings. The van der Waals surface area contributed by atoms with E-state index < -0.39 is 47.2 Å². The van der Waals surface area contributed by atoms with Crippen molar-refractivity contribution in [1.82, 2.24) is 10.2 Å². The summed E-state index contributed by atoms with van der Waals surface area (Å²) in [5.74, 6) is -0.0742. The maximum atomic E-state index is 13.3. The van der Waals surface area contributed by atoms with Gasteiger partial charge in [-0.1, -0.05) is 97.3 Å². The zero-order valence-electron chi connectivity index (χ0n) is 28.6. The fourth-order valence-electron chi connectivity index (χ4n) is 6.72. The van der Waals surface area contributed by atoms with Crippen molar-refractivity contribution >= 4 is 47.6 Å². The van der Waals surface area contributed by atoms with Gasteiger partial charge >= 0.3 is 5.97 Å². The van der Waals surface area contributed by atoms with Crippen molar-refractivity contribution in [3.8, 4) is 0 Å². The van der Waals surface area contributed by atoms with Gasteiger partial charge in [-0.05, 0) is 45.4 Å². The van der Waals surface area contributed by atoms with E-state index in [0.717, 1.165) is 45.1 Å². The van der Waals surface area contributed by atoms with Crippen LogP contribution in [0.3, 0.4) is 0 Å². The fraction of sp³-hybridized carbons (Fsp3) is 0.941. The third kappa shape index (κ3) is 14.8. The van der Waals surface area contributed by atoms with Gasteiger partial charge in [-0.25, -0.2) is 0 Å². The third-order valence-electron chi connectivity index (χ3n) is 9.36. The molecule has 0 saturated carbocycles. The van der Waals surface area contributed by atoms with Gasteiger partial charge in [0.1, 0.15) is 23.7 Å². The third-order valence-corrected chi connectivity index (χ3v) is 10.5. The largest absolute Gasteiger partial charge is 0.456 e. The van der Waals surface area contributed by atoms with Gasteiger partial charge in [0, 0.05) is 13.0 Å². The molecule has 2 heterocycles. The van der Waals surface area contributed by atoms with Crippen LogP contribution in [-0.2, 0) is 19.1 Å². The summed E-state index contributed by atoms with van der Waals surface area (Å²) >= 11 is 7.82. The number of nitrogens with zero attached hydrogens (tertiary/aromatic N) is 1. The minimum absolute atomic E-state index is 0. The molecule has 0 aromatic carbocycles. The van der Waals surface area contributed by atoms with E-state index in [-0.39, 0.29) is 30.8 Å². The number of ether oxygens (including phenoxy) is 2.